The van der Waals surface area contributed by atoms with E-state index in [1.165, 1.54) is 0 Å². The summed E-state index contributed by atoms with van der Waals surface area (Å²) in [5, 5.41) is 0. The highest BCUT2D eigenvalue weighted by Crippen LogP contribution is 2.21. The molecule has 7 heteroatoms. The quantitative estimate of drug-likeness (QED) is 0.558. The molecule has 0 fully saturated rings. The Hall–Kier alpha value is -0.219. The number of rotatable bonds is 6. The maximum absolute atomic E-state index is 11.4. The average molecular weight is 293 g/mol. The molecular weight excluding hydrogens is 268 g/mol. The van der Waals surface area contributed by atoms with Gasteiger partial charge in [-0.15, -0.1) is 0 Å². The summed E-state index contributed by atoms with van der Waals surface area (Å²) in [6, 6.07) is 0. The molecule has 0 N–H and O–H groups in total. The lowest BCUT2D eigenvalue weighted by atomic mass is 10.7. The van der Waals surface area contributed by atoms with E-state index in [1.807, 2.05) is 39.3 Å². The molecule has 0 amide bonds. The summed E-state index contributed by atoms with van der Waals surface area (Å²) in [4.78, 5) is 11.4. The highest BCUT2D eigenvalue weighted by Gasteiger charge is 2.45. The third-order valence-electron chi connectivity index (χ3n) is 1.44. The largest absolute Gasteiger partial charge is 0.543 e. The molecule has 0 bridgehead atoms. The van der Waals surface area contributed by atoms with Gasteiger partial charge < -0.3 is 12.7 Å². The summed E-state index contributed by atoms with van der Waals surface area (Å²) in [5.74, 6) is -0.476. The van der Waals surface area contributed by atoms with Crippen molar-refractivity contribution in [2.24, 2.45) is 0 Å². The van der Waals surface area contributed by atoms with Gasteiger partial charge in [-0.3, -0.25) is 0 Å². The van der Waals surface area contributed by atoms with Crippen molar-refractivity contribution in [3.8, 4) is 0 Å². The molecule has 0 aromatic heterocycles. The second kappa shape index (κ2) is 5.61. The lowest BCUT2D eigenvalue weighted by Gasteiger charge is -2.35. The van der Waals surface area contributed by atoms with Gasteiger partial charge in [-0.2, -0.15) is 0 Å². The van der Waals surface area contributed by atoms with Gasteiger partial charge in [0.2, 0.25) is 0 Å². The van der Waals surface area contributed by atoms with E-state index in [-0.39, 0.29) is 0 Å². The van der Waals surface area contributed by atoms with Gasteiger partial charge in [0.15, 0.2) is 16.6 Å². The molecule has 0 radical (unpaired) electrons. The molecule has 0 heterocycles. The molecule has 0 aromatic carbocycles. The minimum atomic E-state index is -2.90. The fourth-order valence-electron chi connectivity index (χ4n) is 1.40. The Labute approximate surface area is 108 Å². The van der Waals surface area contributed by atoms with Gasteiger partial charge in [-0.05, 0) is 39.3 Å². The SMILES string of the molecule is C=CC(=O)O[Si](C)(O[Si](C)(C)C)O[Si](C)(C)C. The molecule has 17 heavy (non-hydrogen) atoms. The van der Waals surface area contributed by atoms with E-state index >= 15 is 0 Å². The van der Waals surface area contributed by atoms with Crippen molar-refractivity contribution in [1.29, 1.82) is 0 Å². The summed E-state index contributed by atoms with van der Waals surface area (Å²) in [7, 11) is -6.55. The fourth-order valence-corrected chi connectivity index (χ4v) is 11.6. The first-order valence-electron chi connectivity index (χ1n) is 5.63. The first-order chi connectivity index (χ1) is 7.37. The highest BCUT2D eigenvalue weighted by molar-refractivity contribution is 6.85. The Morgan fingerprint density at radius 3 is 1.53 bits per heavy atom. The molecule has 0 aliphatic rings. The van der Waals surface area contributed by atoms with Crippen LogP contribution in [0.4, 0.5) is 0 Å². The molecule has 100 valence electrons. The van der Waals surface area contributed by atoms with Crippen molar-refractivity contribution in [3.05, 3.63) is 12.7 Å². The van der Waals surface area contributed by atoms with Gasteiger partial charge in [-0.1, -0.05) is 6.58 Å². The predicted molar refractivity (Wildman–Crippen MR) is 76.8 cm³/mol. The monoisotopic (exact) mass is 292 g/mol. The van der Waals surface area contributed by atoms with E-state index in [0.717, 1.165) is 6.08 Å². The Bertz CT molecular complexity index is 275. The van der Waals surface area contributed by atoms with E-state index < -0.39 is 31.4 Å². The van der Waals surface area contributed by atoms with Crippen LogP contribution in [0.5, 0.6) is 0 Å². The Morgan fingerprint density at radius 2 is 1.29 bits per heavy atom. The maximum atomic E-state index is 11.4. The van der Waals surface area contributed by atoms with Crippen LogP contribution < -0.4 is 0 Å². The van der Waals surface area contributed by atoms with Crippen LogP contribution in [0.1, 0.15) is 0 Å². The summed E-state index contributed by atoms with van der Waals surface area (Å²) in [6.07, 6.45) is 1.15. The van der Waals surface area contributed by atoms with Crippen LogP contribution in [0.15, 0.2) is 12.7 Å². The maximum Gasteiger partial charge on any atom is 0.543 e. The minimum absolute atomic E-state index is 0.476. The number of carbonyl (C=O) groups is 1. The Kier molecular flexibility index (Phi) is 5.54. The third kappa shape index (κ3) is 8.50. The van der Waals surface area contributed by atoms with Crippen molar-refractivity contribution in [1.82, 2.24) is 0 Å². The van der Waals surface area contributed by atoms with E-state index in [1.54, 1.807) is 6.55 Å². The summed E-state index contributed by atoms with van der Waals surface area (Å²) in [5.41, 5.74) is 0. The zero-order valence-corrected chi connectivity index (χ0v) is 14.9. The van der Waals surface area contributed by atoms with Crippen LogP contribution in [0.25, 0.3) is 0 Å². The van der Waals surface area contributed by atoms with E-state index in [9.17, 15) is 4.79 Å². The first-order valence-corrected chi connectivity index (χ1v) is 14.7. The van der Waals surface area contributed by atoms with Crippen molar-refractivity contribution in [2.45, 2.75) is 45.8 Å². The molecule has 0 aromatic rings. The molecular formula is C10H24O4Si3. The van der Waals surface area contributed by atoms with Gasteiger partial charge in [0, 0.05) is 12.6 Å². The van der Waals surface area contributed by atoms with Crippen LogP contribution in [0.3, 0.4) is 0 Å². The van der Waals surface area contributed by atoms with Crippen LogP contribution in [-0.4, -0.2) is 31.4 Å². The van der Waals surface area contributed by atoms with Crippen molar-refractivity contribution < 1.29 is 17.5 Å². The number of hydrogen-bond donors (Lipinski definition) is 0. The molecule has 0 atom stereocenters. The molecule has 0 saturated carbocycles. The van der Waals surface area contributed by atoms with Gasteiger partial charge in [0.25, 0.3) is 0 Å². The van der Waals surface area contributed by atoms with Crippen LogP contribution in [0.2, 0.25) is 45.8 Å². The number of carbonyl (C=O) groups excluding carboxylic acids is 1. The van der Waals surface area contributed by atoms with Gasteiger partial charge in [0.1, 0.15) is 0 Å². The van der Waals surface area contributed by atoms with Gasteiger partial charge in [-0.25, -0.2) is 4.79 Å². The van der Waals surface area contributed by atoms with E-state index in [2.05, 4.69) is 6.58 Å². The lowest BCUT2D eigenvalue weighted by Crippen LogP contribution is -2.55. The predicted octanol–water partition coefficient (Wildman–Crippen LogP) is 2.99. The van der Waals surface area contributed by atoms with E-state index in [0.29, 0.717) is 0 Å². The zero-order chi connectivity index (χ0) is 13.9. The normalized spacial score (nSPS) is 13.4. The average Bonchev–Trinajstić information content (AvgIpc) is 1.94. The van der Waals surface area contributed by atoms with Crippen LogP contribution in [-0.2, 0) is 17.5 Å². The van der Waals surface area contributed by atoms with Crippen molar-refractivity contribution in [3.63, 3.8) is 0 Å². The number of hydrogen-bond acceptors (Lipinski definition) is 4. The van der Waals surface area contributed by atoms with Crippen molar-refractivity contribution in [2.75, 3.05) is 0 Å². The van der Waals surface area contributed by atoms with Gasteiger partial charge in [0.05, 0.1) is 0 Å². The smallest absolute Gasteiger partial charge is 0.471 e. The summed E-state index contributed by atoms with van der Waals surface area (Å²) >= 11 is 0. The molecule has 0 aliphatic carbocycles. The highest BCUT2D eigenvalue weighted by atomic mass is 28.5. The summed E-state index contributed by atoms with van der Waals surface area (Å²) in [6.45, 7) is 17.5. The molecule has 0 unspecified atom stereocenters. The molecule has 0 saturated heterocycles. The second-order valence-electron chi connectivity index (χ2n) is 5.92. The standard InChI is InChI=1S/C10H24O4Si3/c1-9-10(11)12-17(8,13-15(2,3)4)14-16(5,6)7/h9H,1H2,2-8H3. The van der Waals surface area contributed by atoms with Crippen LogP contribution >= 0.6 is 0 Å². The Morgan fingerprint density at radius 1 is 0.941 bits per heavy atom. The Balaban J connectivity index is 4.93. The molecule has 0 aliphatic heterocycles. The molecule has 0 rings (SSSR count). The van der Waals surface area contributed by atoms with Crippen molar-refractivity contribution >= 4 is 31.4 Å². The first kappa shape index (κ1) is 16.8. The molecule has 0 spiro atoms. The topological polar surface area (TPSA) is 44.8 Å². The van der Waals surface area contributed by atoms with E-state index in [4.69, 9.17) is 12.7 Å². The van der Waals surface area contributed by atoms with Gasteiger partial charge >= 0.3 is 14.8 Å². The van der Waals surface area contributed by atoms with Crippen LogP contribution in [0, 0.1) is 0 Å². The minimum Gasteiger partial charge on any atom is -0.471 e. The lowest BCUT2D eigenvalue weighted by molar-refractivity contribution is -0.131. The molecule has 4 nitrogen and oxygen atoms in total. The fraction of sp³-hybridized carbons (Fsp3) is 0.700. The summed E-state index contributed by atoms with van der Waals surface area (Å²) < 4.78 is 17.3. The second-order valence-corrected chi connectivity index (χ2v) is 17.9. The zero-order valence-electron chi connectivity index (χ0n) is 11.9. The third-order valence-corrected chi connectivity index (χ3v) is 9.87.